The van der Waals surface area contributed by atoms with E-state index < -0.39 is 73.5 Å². The number of hydrogen-bond acceptors (Lipinski definition) is 2. The molecule has 0 bridgehead atoms. The first-order valence-corrected chi connectivity index (χ1v) is 4.72. The van der Waals surface area contributed by atoms with Crippen LogP contribution in [0, 0.1) is 4.91 Å². The molecule has 2 aromatic carbocycles. The fourth-order valence-electron chi connectivity index (χ4n) is 1.19. The third-order valence-electron chi connectivity index (χ3n) is 1.90. The molecule has 86 valence electrons. The van der Waals surface area contributed by atoms with Crippen LogP contribution in [0.5, 0.6) is 0 Å². The number of hydrogen-bond donors (Lipinski definition) is 0. The molecular formula is C14H14N2O. The van der Waals surface area contributed by atoms with Crippen LogP contribution in [0.15, 0.2) is 65.7 Å². The third-order valence-corrected chi connectivity index (χ3v) is 1.90. The monoisotopic (exact) mass is 236 g/mol. The molecule has 2 aromatic rings. The molecule has 0 spiro atoms. The largest absolute Gasteiger partial charge is 0.252 e. The summed E-state index contributed by atoms with van der Waals surface area (Å²) < 4.78 is 77.1. The summed E-state index contributed by atoms with van der Waals surface area (Å²) in [6, 6.07) is -5.45. The van der Waals surface area contributed by atoms with Crippen LogP contribution in [0.4, 0.5) is 0 Å². The predicted octanol–water partition coefficient (Wildman–Crippen LogP) is 3.37. The summed E-state index contributed by atoms with van der Waals surface area (Å²) in [7, 11) is 0. The molecule has 0 aliphatic heterocycles. The lowest BCUT2D eigenvalue weighted by Crippen LogP contribution is -2.15. The molecule has 0 radical (unpaired) electrons. The Morgan fingerprint density at radius 1 is 0.882 bits per heavy atom. The van der Waals surface area contributed by atoms with Gasteiger partial charge in [0.25, 0.3) is 0 Å². The number of nitroso groups, excluding NO2 is 1. The summed E-state index contributed by atoms with van der Waals surface area (Å²) in [5, 5.41) is 3.46. The van der Waals surface area contributed by atoms with Gasteiger partial charge in [-0.05, 0) is 11.1 Å². The van der Waals surface area contributed by atoms with Crippen LogP contribution < -0.4 is 0 Å². The van der Waals surface area contributed by atoms with Gasteiger partial charge in [0.05, 0.1) is 32.1 Å². The van der Waals surface area contributed by atoms with Crippen LogP contribution in [-0.2, 0) is 13.1 Å². The van der Waals surface area contributed by atoms with Gasteiger partial charge in [0, 0.05) is 0 Å². The van der Waals surface area contributed by atoms with Crippen molar-refractivity contribution in [3.8, 4) is 0 Å². The van der Waals surface area contributed by atoms with Gasteiger partial charge in [-0.3, -0.25) is 5.01 Å². The highest BCUT2D eigenvalue weighted by Crippen LogP contribution is 2.09. The molecule has 17 heavy (non-hydrogen) atoms. The highest BCUT2D eigenvalue weighted by atomic mass is 16.3. The molecule has 0 amide bonds. The SMILES string of the molecule is [2H]c1c([2H])c([2H])c(CN(Cc2c([2H])c([2H])c([2H])c([2H])c2[2H])N=O)c([2H])c1[2H]. The minimum atomic E-state index is -0.579. The number of rotatable bonds is 5. The lowest BCUT2D eigenvalue weighted by atomic mass is 10.2. The van der Waals surface area contributed by atoms with Crippen molar-refractivity contribution < 1.29 is 13.7 Å². The molecule has 0 saturated carbocycles. The molecular weight excluding hydrogens is 212 g/mol. The second kappa shape index (κ2) is 5.80. The minimum absolute atomic E-state index is 0.187. The highest BCUT2D eigenvalue weighted by Gasteiger charge is 2.04. The van der Waals surface area contributed by atoms with Gasteiger partial charge in [-0.2, -0.15) is 0 Å². The Hall–Kier alpha value is -2.16. The Balaban J connectivity index is 2.47. The Kier molecular flexibility index (Phi) is 1.45. The second-order valence-electron chi connectivity index (χ2n) is 3.11. The van der Waals surface area contributed by atoms with Gasteiger partial charge in [-0.25, -0.2) is 0 Å². The van der Waals surface area contributed by atoms with E-state index in [2.05, 4.69) is 5.29 Å². The Morgan fingerprint density at radius 3 is 1.65 bits per heavy atom. The van der Waals surface area contributed by atoms with E-state index in [1.807, 2.05) is 0 Å². The lowest BCUT2D eigenvalue weighted by Gasteiger charge is -2.15. The second-order valence-corrected chi connectivity index (χ2v) is 3.11. The van der Waals surface area contributed by atoms with Crippen LogP contribution in [0.25, 0.3) is 0 Å². The van der Waals surface area contributed by atoms with Crippen LogP contribution in [0.3, 0.4) is 0 Å². The van der Waals surface area contributed by atoms with Crippen molar-refractivity contribution in [3.05, 3.63) is 76.5 Å². The van der Waals surface area contributed by atoms with Crippen molar-refractivity contribution in [2.24, 2.45) is 5.29 Å². The zero-order valence-corrected chi connectivity index (χ0v) is 8.72. The van der Waals surface area contributed by atoms with E-state index in [1.165, 1.54) is 0 Å². The maximum absolute atomic E-state index is 11.2. The van der Waals surface area contributed by atoms with Crippen LogP contribution >= 0.6 is 0 Å². The summed E-state index contributed by atoms with van der Waals surface area (Å²) in [4.78, 5) is 11.2. The Labute approximate surface area is 115 Å². The van der Waals surface area contributed by atoms with Crippen molar-refractivity contribution in [3.63, 3.8) is 0 Å². The standard InChI is InChI=1S/C14H14N2O/c17-15-16(11-13-7-3-1-4-8-13)12-14-9-5-2-6-10-14/h1-10H,11-12H2/i1D,2D,3D,4D,5D,6D,7D,8D,9D,10D. The van der Waals surface area contributed by atoms with E-state index in [4.69, 9.17) is 13.7 Å². The average Bonchev–Trinajstić information content (AvgIpc) is 2.66. The quantitative estimate of drug-likeness (QED) is 0.589. The molecule has 2 rings (SSSR count). The molecule has 0 atom stereocenters. The van der Waals surface area contributed by atoms with Crippen molar-refractivity contribution >= 4 is 0 Å². The molecule has 0 unspecified atom stereocenters. The summed E-state index contributed by atoms with van der Waals surface area (Å²) in [6.45, 7) is -0.969. The summed E-state index contributed by atoms with van der Waals surface area (Å²) in [5.41, 5.74) is -0.374. The van der Waals surface area contributed by atoms with Crippen molar-refractivity contribution in [1.29, 1.82) is 0 Å². The predicted molar refractivity (Wildman–Crippen MR) is 67.9 cm³/mol. The lowest BCUT2D eigenvalue weighted by molar-refractivity contribution is 0.266. The average molecular weight is 236 g/mol. The zero-order valence-electron chi connectivity index (χ0n) is 18.7. The molecule has 0 saturated heterocycles. The van der Waals surface area contributed by atoms with E-state index >= 15 is 0 Å². The van der Waals surface area contributed by atoms with Gasteiger partial charge in [0.15, 0.2) is 0 Å². The molecule has 0 aromatic heterocycles. The maximum Gasteiger partial charge on any atom is 0.0646 e. The molecule has 3 nitrogen and oxygen atoms in total. The van der Waals surface area contributed by atoms with Crippen molar-refractivity contribution in [2.45, 2.75) is 13.1 Å². The maximum atomic E-state index is 11.2. The molecule has 0 fully saturated rings. The van der Waals surface area contributed by atoms with Gasteiger partial charge in [0.2, 0.25) is 0 Å². The topological polar surface area (TPSA) is 32.7 Å². The van der Waals surface area contributed by atoms with Crippen molar-refractivity contribution in [2.75, 3.05) is 0 Å². The van der Waals surface area contributed by atoms with Gasteiger partial charge in [-0.1, -0.05) is 60.4 Å². The van der Waals surface area contributed by atoms with Crippen LogP contribution in [-0.4, -0.2) is 5.01 Å². The molecule has 3 heteroatoms. The fourth-order valence-corrected chi connectivity index (χ4v) is 1.19. The van der Waals surface area contributed by atoms with E-state index in [9.17, 15) is 4.91 Å². The van der Waals surface area contributed by atoms with E-state index in [-0.39, 0.29) is 11.1 Å². The summed E-state index contributed by atoms with van der Waals surface area (Å²) >= 11 is 0. The third kappa shape index (κ3) is 3.41. The van der Waals surface area contributed by atoms with E-state index in [0.717, 1.165) is 5.01 Å². The summed E-state index contributed by atoms with van der Waals surface area (Å²) in [6.07, 6.45) is 0. The van der Waals surface area contributed by atoms with Gasteiger partial charge in [0.1, 0.15) is 0 Å². The number of benzene rings is 2. The van der Waals surface area contributed by atoms with E-state index in [1.54, 1.807) is 0 Å². The molecule has 0 heterocycles. The van der Waals surface area contributed by atoms with Crippen LogP contribution in [0.2, 0.25) is 0 Å². The Morgan fingerprint density at radius 2 is 1.29 bits per heavy atom. The minimum Gasteiger partial charge on any atom is -0.252 e. The molecule has 0 aliphatic carbocycles. The highest BCUT2D eigenvalue weighted by molar-refractivity contribution is 5.16. The number of nitrogens with zero attached hydrogens (tertiary/aromatic N) is 2. The van der Waals surface area contributed by atoms with Gasteiger partial charge < -0.3 is 0 Å². The first-order chi connectivity index (χ1) is 12.5. The Bertz CT molecular complexity index is 804. The molecule has 0 aliphatic rings. The normalized spacial score (nSPS) is 18.1. The zero-order chi connectivity index (χ0) is 20.6. The van der Waals surface area contributed by atoms with E-state index in [0.29, 0.717) is 0 Å². The molecule has 0 N–H and O–H groups in total. The fraction of sp³-hybridized carbons (Fsp3) is 0.143. The van der Waals surface area contributed by atoms with Gasteiger partial charge >= 0.3 is 0 Å². The van der Waals surface area contributed by atoms with Gasteiger partial charge in [-0.15, -0.1) is 4.91 Å². The van der Waals surface area contributed by atoms with Crippen molar-refractivity contribution in [1.82, 2.24) is 5.01 Å². The van der Waals surface area contributed by atoms with Crippen LogP contribution in [0.1, 0.15) is 24.8 Å². The summed E-state index contributed by atoms with van der Waals surface area (Å²) in [5.74, 6) is 0. The smallest absolute Gasteiger partial charge is 0.0646 e. The first-order valence-electron chi connectivity index (χ1n) is 9.72. The first kappa shape index (κ1) is 4.26.